The molecule has 10 heteroatoms. The highest BCUT2D eigenvalue weighted by Gasteiger charge is 2.39. The fourth-order valence-electron chi connectivity index (χ4n) is 4.84. The molecule has 1 amide bonds. The second-order valence-electron chi connectivity index (χ2n) is 8.55. The van der Waals surface area contributed by atoms with E-state index in [0.717, 1.165) is 34.8 Å². The number of piperidine rings is 1. The molecule has 184 valence electrons. The molecule has 0 N–H and O–H groups in total. The first kappa shape index (κ1) is 24.4. The fraction of sp³-hybridized carbons (Fsp3) is 0.458. The summed E-state index contributed by atoms with van der Waals surface area (Å²) in [6.45, 7) is 0.754. The molecule has 2 aliphatic heterocycles. The summed E-state index contributed by atoms with van der Waals surface area (Å²) in [4.78, 5) is 14.6. The molecular formula is C24H28F2N2O5S. The Morgan fingerprint density at radius 2 is 1.71 bits per heavy atom. The number of sulfonamides is 1. The zero-order valence-corrected chi connectivity index (χ0v) is 20.0. The highest BCUT2D eigenvalue weighted by molar-refractivity contribution is 7.89. The summed E-state index contributed by atoms with van der Waals surface area (Å²) >= 11 is 0. The number of likely N-dealkylation sites (tertiary alicyclic amines) is 1. The summed E-state index contributed by atoms with van der Waals surface area (Å²) < 4.78 is 65.3. The summed E-state index contributed by atoms with van der Waals surface area (Å²) in [5.74, 6) is -0.850. The van der Waals surface area contributed by atoms with Crippen molar-refractivity contribution in [2.75, 3.05) is 33.9 Å². The number of benzene rings is 2. The molecule has 0 radical (unpaired) electrons. The van der Waals surface area contributed by atoms with Crippen LogP contribution in [0.4, 0.5) is 8.78 Å². The number of rotatable bonds is 6. The molecule has 0 aliphatic carbocycles. The largest absolute Gasteiger partial charge is 0.497 e. The molecule has 4 rings (SSSR count). The van der Waals surface area contributed by atoms with E-state index < -0.39 is 26.6 Å². The van der Waals surface area contributed by atoms with Gasteiger partial charge in [0.1, 0.15) is 28.0 Å². The average Bonchev–Trinajstić information content (AvgIpc) is 3.34. The van der Waals surface area contributed by atoms with E-state index in [0.29, 0.717) is 37.0 Å². The highest BCUT2D eigenvalue weighted by atomic mass is 32.2. The number of methoxy groups -OCH3 is 2. The number of nitrogens with zero attached hydrogens (tertiary/aromatic N) is 2. The van der Waals surface area contributed by atoms with Gasteiger partial charge in [0.15, 0.2) is 0 Å². The van der Waals surface area contributed by atoms with E-state index in [9.17, 15) is 22.0 Å². The number of carbonyl (C=O) groups is 1. The molecule has 2 saturated heterocycles. The molecule has 0 saturated carbocycles. The van der Waals surface area contributed by atoms with Crippen molar-refractivity contribution >= 4 is 15.9 Å². The van der Waals surface area contributed by atoms with E-state index in [2.05, 4.69) is 0 Å². The van der Waals surface area contributed by atoms with Crippen LogP contribution in [-0.4, -0.2) is 57.4 Å². The van der Waals surface area contributed by atoms with Gasteiger partial charge in [-0.05, 0) is 56.0 Å². The Labute approximate surface area is 198 Å². The minimum Gasteiger partial charge on any atom is -0.497 e. The van der Waals surface area contributed by atoms with Crippen LogP contribution in [0.25, 0.3) is 0 Å². The van der Waals surface area contributed by atoms with Gasteiger partial charge in [-0.3, -0.25) is 4.79 Å². The Balaban J connectivity index is 1.47. The van der Waals surface area contributed by atoms with Gasteiger partial charge in [-0.1, -0.05) is 0 Å². The summed E-state index contributed by atoms with van der Waals surface area (Å²) in [6.07, 6.45) is 2.30. The number of hydrogen-bond acceptors (Lipinski definition) is 5. The third-order valence-electron chi connectivity index (χ3n) is 6.65. The molecule has 2 aromatic carbocycles. The van der Waals surface area contributed by atoms with Crippen molar-refractivity contribution in [1.82, 2.24) is 9.21 Å². The van der Waals surface area contributed by atoms with E-state index in [4.69, 9.17) is 9.47 Å². The van der Waals surface area contributed by atoms with Crippen LogP contribution in [0.15, 0.2) is 41.3 Å². The van der Waals surface area contributed by atoms with Crippen LogP contribution in [0, 0.1) is 17.6 Å². The van der Waals surface area contributed by atoms with Gasteiger partial charge in [0.05, 0.1) is 20.3 Å². The van der Waals surface area contributed by atoms with E-state index in [1.165, 1.54) is 0 Å². The first-order chi connectivity index (χ1) is 16.3. The lowest BCUT2D eigenvalue weighted by Gasteiger charge is -2.34. The molecule has 34 heavy (non-hydrogen) atoms. The number of amides is 1. The lowest BCUT2D eigenvalue weighted by atomic mass is 9.95. The summed E-state index contributed by atoms with van der Waals surface area (Å²) in [6, 6.07) is 7.80. The van der Waals surface area contributed by atoms with Crippen LogP contribution in [0.3, 0.4) is 0 Å². The van der Waals surface area contributed by atoms with Crippen molar-refractivity contribution in [3.8, 4) is 11.5 Å². The van der Waals surface area contributed by atoms with Crippen LogP contribution in [-0.2, 0) is 14.8 Å². The van der Waals surface area contributed by atoms with Gasteiger partial charge < -0.3 is 14.4 Å². The van der Waals surface area contributed by atoms with E-state index in [-0.39, 0.29) is 31.0 Å². The maximum absolute atomic E-state index is 14.1. The van der Waals surface area contributed by atoms with Gasteiger partial charge in [0.25, 0.3) is 0 Å². The maximum atomic E-state index is 14.1. The second-order valence-corrected chi connectivity index (χ2v) is 10.5. The van der Waals surface area contributed by atoms with Gasteiger partial charge in [-0.25, -0.2) is 17.2 Å². The smallest absolute Gasteiger partial charge is 0.246 e. The molecule has 2 aliphatic rings. The Kier molecular flexibility index (Phi) is 7.09. The van der Waals surface area contributed by atoms with E-state index in [1.807, 2.05) is 17.0 Å². The van der Waals surface area contributed by atoms with Crippen molar-refractivity contribution in [2.24, 2.45) is 5.92 Å². The van der Waals surface area contributed by atoms with Crippen molar-refractivity contribution in [2.45, 2.75) is 36.6 Å². The third-order valence-corrected chi connectivity index (χ3v) is 8.56. The average molecular weight is 495 g/mol. The molecule has 0 bridgehead atoms. The number of ether oxygens (including phenoxy) is 2. The predicted molar refractivity (Wildman–Crippen MR) is 121 cm³/mol. The Morgan fingerprint density at radius 1 is 0.971 bits per heavy atom. The molecule has 2 fully saturated rings. The van der Waals surface area contributed by atoms with Crippen LogP contribution in [0.2, 0.25) is 0 Å². The molecular weight excluding hydrogens is 466 g/mol. The zero-order chi connectivity index (χ0) is 24.5. The quantitative estimate of drug-likeness (QED) is 0.612. The molecule has 0 unspecified atom stereocenters. The highest BCUT2D eigenvalue weighted by Crippen LogP contribution is 2.40. The molecule has 7 nitrogen and oxygen atoms in total. The van der Waals surface area contributed by atoms with Crippen molar-refractivity contribution in [3.63, 3.8) is 0 Å². The third kappa shape index (κ3) is 4.61. The fourth-order valence-corrected chi connectivity index (χ4v) is 6.38. The molecule has 0 spiro atoms. The van der Waals surface area contributed by atoms with E-state index in [1.54, 1.807) is 20.3 Å². The van der Waals surface area contributed by atoms with Gasteiger partial charge in [-0.2, -0.15) is 4.31 Å². The molecule has 2 heterocycles. The minimum absolute atomic E-state index is 0.0191. The normalized spacial score (nSPS) is 19.9. The summed E-state index contributed by atoms with van der Waals surface area (Å²) in [7, 11) is -1.03. The van der Waals surface area contributed by atoms with Gasteiger partial charge in [0.2, 0.25) is 15.9 Å². The minimum atomic E-state index is -4.19. The SMILES string of the molecule is COc1ccc([C@H]2CCCN2C(=O)C2CCN(S(=O)(=O)c3cc(F)ccc3F)CC2)c(OC)c1. The monoisotopic (exact) mass is 494 g/mol. The maximum Gasteiger partial charge on any atom is 0.246 e. The summed E-state index contributed by atoms with van der Waals surface area (Å²) in [5.41, 5.74) is 0.913. The molecule has 1 atom stereocenters. The number of hydrogen-bond donors (Lipinski definition) is 0. The van der Waals surface area contributed by atoms with Crippen molar-refractivity contribution in [3.05, 3.63) is 53.6 Å². The first-order valence-electron chi connectivity index (χ1n) is 11.2. The van der Waals surface area contributed by atoms with Crippen LogP contribution >= 0.6 is 0 Å². The Hall–Kier alpha value is -2.72. The van der Waals surface area contributed by atoms with Crippen LogP contribution in [0.5, 0.6) is 11.5 Å². The number of carbonyl (C=O) groups excluding carboxylic acids is 1. The molecule has 0 aromatic heterocycles. The Morgan fingerprint density at radius 3 is 2.38 bits per heavy atom. The van der Waals surface area contributed by atoms with Crippen LogP contribution < -0.4 is 9.47 Å². The topological polar surface area (TPSA) is 76.2 Å². The lowest BCUT2D eigenvalue weighted by Crippen LogP contribution is -2.44. The van der Waals surface area contributed by atoms with E-state index >= 15 is 0 Å². The van der Waals surface area contributed by atoms with Gasteiger partial charge in [-0.15, -0.1) is 0 Å². The van der Waals surface area contributed by atoms with Gasteiger partial charge >= 0.3 is 0 Å². The van der Waals surface area contributed by atoms with Crippen LogP contribution in [0.1, 0.15) is 37.3 Å². The first-order valence-corrected chi connectivity index (χ1v) is 12.7. The number of halogens is 2. The lowest BCUT2D eigenvalue weighted by molar-refractivity contribution is -0.137. The zero-order valence-electron chi connectivity index (χ0n) is 19.2. The summed E-state index contributed by atoms with van der Waals surface area (Å²) in [5, 5.41) is 0. The molecule has 2 aromatic rings. The predicted octanol–water partition coefficient (Wildman–Crippen LogP) is 3.75. The second kappa shape index (κ2) is 9.87. The van der Waals surface area contributed by atoms with Crippen molar-refractivity contribution in [1.29, 1.82) is 0 Å². The van der Waals surface area contributed by atoms with Gasteiger partial charge in [0, 0.05) is 37.2 Å². The van der Waals surface area contributed by atoms with Crippen molar-refractivity contribution < 1.29 is 31.5 Å². The Bertz CT molecular complexity index is 1170. The standard InChI is InChI=1S/C24H28F2N2O5S/c1-32-18-6-7-19(22(15-18)33-2)21-4-3-11-28(21)24(29)16-9-12-27(13-10-16)34(30,31)23-14-17(25)5-8-20(23)26/h5-8,14-16,21H,3-4,9-13H2,1-2H3/t21-/m1/s1.